The number of nitrogens with zero attached hydrogens (tertiary/aromatic N) is 3. The van der Waals surface area contributed by atoms with Crippen molar-refractivity contribution in [1.29, 1.82) is 0 Å². The van der Waals surface area contributed by atoms with Gasteiger partial charge in [0.05, 0.1) is 5.56 Å². The van der Waals surface area contributed by atoms with Gasteiger partial charge in [0.2, 0.25) is 0 Å². The zero-order chi connectivity index (χ0) is 18.5. The van der Waals surface area contributed by atoms with Crippen molar-refractivity contribution < 1.29 is 9.59 Å². The highest BCUT2D eigenvalue weighted by Gasteiger charge is 2.25. The maximum atomic E-state index is 12.7. The van der Waals surface area contributed by atoms with E-state index in [9.17, 15) is 9.59 Å². The van der Waals surface area contributed by atoms with E-state index in [1.165, 1.54) is 18.4 Å². The minimum absolute atomic E-state index is 0.0398. The standard InChI is InChI=1S/C21H27N3O2/c1-3-4-5-17-6-8-18(9-7-17)20(25)23-12-14-24(15-13-23)21(26)19-10-11-22(2)16-19/h6-11,16H,3-5,12-15H2,1-2H3. The molecule has 0 unspecified atom stereocenters. The molecule has 1 aliphatic rings. The van der Waals surface area contributed by atoms with Crippen LogP contribution in [0.15, 0.2) is 42.7 Å². The lowest BCUT2D eigenvalue weighted by molar-refractivity contribution is 0.0535. The van der Waals surface area contributed by atoms with Gasteiger partial charge >= 0.3 is 0 Å². The van der Waals surface area contributed by atoms with Crippen LogP contribution in [0.2, 0.25) is 0 Å². The van der Waals surface area contributed by atoms with Gasteiger partial charge in [0.1, 0.15) is 0 Å². The molecular weight excluding hydrogens is 326 g/mol. The van der Waals surface area contributed by atoms with Gasteiger partial charge in [0.25, 0.3) is 11.8 Å². The predicted molar refractivity (Wildman–Crippen MR) is 102 cm³/mol. The molecule has 3 rings (SSSR count). The third-order valence-electron chi connectivity index (χ3n) is 4.95. The van der Waals surface area contributed by atoms with Gasteiger partial charge in [-0.3, -0.25) is 9.59 Å². The second-order valence-corrected chi connectivity index (χ2v) is 6.95. The molecular formula is C21H27N3O2. The summed E-state index contributed by atoms with van der Waals surface area (Å²) in [6.45, 7) is 4.49. The van der Waals surface area contributed by atoms with Crippen LogP contribution in [0.5, 0.6) is 0 Å². The van der Waals surface area contributed by atoms with E-state index in [2.05, 4.69) is 19.1 Å². The third kappa shape index (κ3) is 4.15. The maximum Gasteiger partial charge on any atom is 0.255 e. The average Bonchev–Trinajstić information content (AvgIpc) is 3.12. The van der Waals surface area contributed by atoms with Crippen LogP contribution >= 0.6 is 0 Å². The van der Waals surface area contributed by atoms with Crippen molar-refractivity contribution in [3.8, 4) is 0 Å². The van der Waals surface area contributed by atoms with E-state index in [1.807, 2.05) is 52.0 Å². The third-order valence-corrected chi connectivity index (χ3v) is 4.95. The van der Waals surface area contributed by atoms with Crippen molar-refractivity contribution in [2.24, 2.45) is 7.05 Å². The smallest absolute Gasteiger partial charge is 0.255 e. The molecule has 1 saturated heterocycles. The minimum Gasteiger partial charge on any atom is -0.356 e. The SMILES string of the molecule is CCCCc1ccc(C(=O)N2CCN(C(=O)c3ccn(C)c3)CC2)cc1. The van der Waals surface area contributed by atoms with E-state index in [0.717, 1.165) is 12.0 Å². The number of piperazine rings is 1. The van der Waals surface area contributed by atoms with E-state index in [1.54, 1.807) is 0 Å². The highest BCUT2D eigenvalue weighted by molar-refractivity contribution is 5.96. The Balaban J connectivity index is 1.55. The van der Waals surface area contributed by atoms with E-state index < -0.39 is 0 Å². The normalized spacial score (nSPS) is 14.5. The second kappa shape index (κ2) is 8.21. The lowest BCUT2D eigenvalue weighted by atomic mass is 10.1. The summed E-state index contributed by atoms with van der Waals surface area (Å²) in [4.78, 5) is 28.9. The first kappa shape index (κ1) is 18.2. The summed E-state index contributed by atoms with van der Waals surface area (Å²) in [7, 11) is 1.90. The molecule has 2 heterocycles. The van der Waals surface area contributed by atoms with Gasteiger partial charge in [-0.05, 0) is 36.6 Å². The Kier molecular flexibility index (Phi) is 5.76. The number of aromatic nitrogens is 1. The van der Waals surface area contributed by atoms with Crippen LogP contribution in [0.1, 0.15) is 46.0 Å². The first-order chi connectivity index (χ1) is 12.6. The number of carbonyl (C=O) groups excluding carboxylic acids is 2. The van der Waals surface area contributed by atoms with Crippen LogP contribution in [-0.4, -0.2) is 52.4 Å². The Hall–Kier alpha value is -2.56. The first-order valence-electron chi connectivity index (χ1n) is 9.38. The molecule has 1 aliphatic heterocycles. The number of rotatable bonds is 5. The minimum atomic E-state index is 0.0398. The first-order valence-corrected chi connectivity index (χ1v) is 9.38. The summed E-state index contributed by atoms with van der Waals surface area (Å²) in [5.41, 5.74) is 2.71. The zero-order valence-corrected chi connectivity index (χ0v) is 15.6. The fourth-order valence-electron chi connectivity index (χ4n) is 3.30. The van der Waals surface area contributed by atoms with Gasteiger partial charge < -0.3 is 14.4 Å². The number of aryl methyl sites for hydroxylation is 2. The van der Waals surface area contributed by atoms with Crippen LogP contribution in [0.25, 0.3) is 0 Å². The Morgan fingerprint density at radius 1 is 0.885 bits per heavy atom. The molecule has 0 bridgehead atoms. The number of benzene rings is 1. The highest BCUT2D eigenvalue weighted by atomic mass is 16.2. The second-order valence-electron chi connectivity index (χ2n) is 6.95. The molecule has 5 heteroatoms. The largest absolute Gasteiger partial charge is 0.356 e. The summed E-state index contributed by atoms with van der Waals surface area (Å²) in [5.74, 6) is 0.0943. The Morgan fingerprint density at radius 2 is 1.46 bits per heavy atom. The molecule has 2 aromatic rings. The average molecular weight is 353 g/mol. The fraction of sp³-hybridized carbons (Fsp3) is 0.429. The molecule has 0 radical (unpaired) electrons. The molecule has 0 aliphatic carbocycles. The highest BCUT2D eigenvalue weighted by Crippen LogP contribution is 2.14. The molecule has 1 aromatic carbocycles. The van der Waals surface area contributed by atoms with Gasteiger partial charge in [0.15, 0.2) is 0 Å². The van der Waals surface area contributed by atoms with Crippen molar-refractivity contribution in [3.63, 3.8) is 0 Å². The predicted octanol–water partition coefficient (Wildman–Crippen LogP) is 2.97. The summed E-state index contributed by atoms with van der Waals surface area (Å²) < 4.78 is 1.87. The summed E-state index contributed by atoms with van der Waals surface area (Å²) in [5, 5.41) is 0. The Labute approximate surface area is 155 Å². The van der Waals surface area contributed by atoms with Crippen LogP contribution in [0.4, 0.5) is 0 Å². The monoisotopic (exact) mass is 353 g/mol. The van der Waals surface area contributed by atoms with E-state index >= 15 is 0 Å². The number of unbranched alkanes of at least 4 members (excludes halogenated alkanes) is 1. The molecule has 1 fully saturated rings. The Bertz CT molecular complexity index is 756. The molecule has 0 spiro atoms. The molecule has 0 atom stereocenters. The molecule has 0 N–H and O–H groups in total. The topological polar surface area (TPSA) is 45.6 Å². The van der Waals surface area contributed by atoms with Crippen molar-refractivity contribution in [3.05, 3.63) is 59.4 Å². The van der Waals surface area contributed by atoms with Crippen molar-refractivity contribution >= 4 is 11.8 Å². The van der Waals surface area contributed by atoms with Gasteiger partial charge in [-0.2, -0.15) is 0 Å². The quantitative estimate of drug-likeness (QED) is 0.830. The van der Waals surface area contributed by atoms with Crippen LogP contribution in [0, 0.1) is 0 Å². The van der Waals surface area contributed by atoms with Crippen LogP contribution in [-0.2, 0) is 13.5 Å². The van der Waals surface area contributed by atoms with E-state index in [0.29, 0.717) is 31.7 Å². The maximum absolute atomic E-state index is 12.7. The fourth-order valence-corrected chi connectivity index (χ4v) is 3.30. The van der Waals surface area contributed by atoms with Gasteiger partial charge in [-0.1, -0.05) is 25.5 Å². The van der Waals surface area contributed by atoms with Crippen LogP contribution < -0.4 is 0 Å². The number of hydrogen-bond acceptors (Lipinski definition) is 2. The Morgan fingerprint density at radius 3 is 1.96 bits per heavy atom. The summed E-state index contributed by atoms with van der Waals surface area (Å²) >= 11 is 0. The molecule has 138 valence electrons. The summed E-state index contributed by atoms with van der Waals surface area (Å²) in [6.07, 6.45) is 7.11. The van der Waals surface area contributed by atoms with E-state index in [4.69, 9.17) is 0 Å². The van der Waals surface area contributed by atoms with E-state index in [-0.39, 0.29) is 11.8 Å². The molecule has 0 saturated carbocycles. The van der Waals surface area contributed by atoms with Gasteiger partial charge in [0, 0.05) is 51.2 Å². The molecule has 2 amide bonds. The number of carbonyl (C=O) groups is 2. The number of hydrogen-bond donors (Lipinski definition) is 0. The lowest BCUT2D eigenvalue weighted by Gasteiger charge is -2.34. The zero-order valence-electron chi connectivity index (χ0n) is 15.6. The van der Waals surface area contributed by atoms with Gasteiger partial charge in [-0.25, -0.2) is 0 Å². The number of amides is 2. The summed E-state index contributed by atoms with van der Waals surface area (Å²) in [6, 6.07) is 9.79. The van der Waals surface area contributed by atoms with Crippen molar-refractivity contribution in [2.75, 3.05) is 26.2 Å². The molecule has 5 nitrogen and oxygen atoms in total. The lowest BCUT2D eigenvalue weighted by Crippen LogP contribution is -2.50. The van der Waals surface area contributed by atoms with Crippen molar-refractivity contribution in [2.45, 2.75) is 26.2 Å². The van der Waals surface area contributed by atoms with Crippen LogP contribution in [0.3, 0.4) is 0 Å². The molecule has 26 heavy (non-hydrogen) atoms. The van der Waals surface area contributed by atoms with Crippen molar-refractivity contribution in [1.82, 2.24) is 14.4 Å². The van der Waals surface area contributed by atoms with Gasteiger partial charge in [-0.15, -0.1) is 0 Å². The molecule has 1 aromatic heterocycles.